The van der Waals surface area contributed by atoms with E-state index in [4.69, 9.17) is 5.73 Å². The number of piperidine rings is 9. The average molecular weight is 1210 g/mol. The molecule has 9 aliphatic heterocycles. The van der Waals surface area contributed by atoms with Crippen LogP contribution < -0.4 is 11.1 Å². The van der Waals surface area contributed by atoms with Crippen molar-refractivity contribution in [3.8, 4) is 0 Å². The molecule has 9 saturated heterocycles. The number of hydrogen-bond donors (Lipinski definition) is 3. The Hall–Kier alpha value is -4.73. The second-order valence-corrected chi connectivity index (χ2v) is 26.5. The van der Waals surface area contributed by atoms with Gasteiger partial charge in [0.25, 0.3) is 0 Å². The highest BCUT2D eigenvalue weighted by atomic mass is 16.3. The van der Waals surface area contributed by atoms with Gasteiger partial charge < -0.3 is 65.2 Å². The van der Waals surface area contributed by atoms with Crippen LogP contribution >= 0.6 is 0 Å². The quantitative estimate of drug-likeness (QED) is 0.273. The Balaban J connectivity index is 0.000000197. The van der Waals surface area contributed by atoms with Crippen molar-refractivity contribution in [1.82, 2.24) is 54.3 Å². The van der Waals surface area contributed by atoms with Crippen molar-refractivity contribution in [2.24, 2.45) is 23.5 Å². The van der Waals surface area contributed by atoms with Crippen LogP contribution in [0.5, 0.6) is 0 Å². The maximum Gasteiger partial charge on any atom is 0.226 e. The summed E-state index contributed by atoms with van der Waals surface area (Å²) in [4.78, 5) is 105. The smallest absolute Gasteiger partial charge is 0.226 e. The van der Waals surface area contributed by atoms with E-state index < -0.39 is 5.60 Å². The first-order chi connectivity index (χ1) is 40.7. The fourth-order valence-corrected chi connectivity index (χ4v) is 14.0. The molecule has 1 aromatic rings. The van der Waals surface area contributed by atoms with Crippen LogP contribution in [0, 0.1) is 17.8 Å². The van der Waals surface area contributed by atoms with Gasteiger partial charge in [-0.15, -0.1) is 0 Å². The Bertz CT molecular complexity index is 2240. The summed E-state index contributed by atoms with van der Waals surface area (Å²) in [6.45, 7) is 14.2. The molecule has 0 radical (unpaired) electrons. The minimum atomic E-state index is -0.590. The maximum atomic E-state index is 12.6. The number of nitrogens with zero attached hydrogens (tertiary/aromatic N) is 10. The summed E-state index contributed by atoms with van der Waals surface area (Å²) in [5, 5.41) is 13.1. The molecule has 20 nitrogen and oxygen atoms in total. The summed E-state index contributed by atoms with van der Waals surface area (Å²) in [6.07, 6.45) is 20.0. The molecular formula is C66H116N12O8. The number of benzene rings is 1. The van der Waals surface area contributed by atoms with Crippen LogP contribution in [0.4, 0.5) is 0 Å². The van der Waals surface area contributed by atoms with E-state index in [-0.39, 0.29) is 67.0 Å². The molecular weight excluding hydrogens is 1090 g/mol. The van der Waals surface area contributed by atoms with Crippen molar-refractivity contribution in [3.05, 3.63) is 35.9 Å². The third kappa shape index (κ3) is 22.1. The molecule has 9 heterocycles. The number of primary amides is 1. The summed E-state index contributed by atoms with van der Waals surface area (Å²) < 4.78 is 0. The van der Waals surface area contributed by atoms with Gasteiger partial charge >= 0.3 is 0 Å². The van der Waals surface area contributed by atoms with Crippen molar-refractivity contribution >= 4 is 41.4 Å². The highest BCUT2D eigenvalue weighted by Crippen LogP contribution is 2.33. The lowest BCUT2D eigenvalue weighted by Crippen LogP contribution is -2.51. The summed E-state index contributed by atoms with van der Waals surface area (Å²) in [7, 11) is 15.8. The highest BCUT2D eigenvalue weighted by molar-refractivity contribution is 5.87. The fraction of sp³-hybridized carbons (Fsp3) is 0.803. The molecule has 20 heteroatoms. The number of nitrogens with one attached hydrogen (secondary N) is 1. The van der Waals surface area contributed by atoms with Crippen LogP contribution in [0.25, 0.3) is 0 Å². The molecule has 0 spiro atoms. The molecule has 0 aliphatic carbocycles. The third-order valence-electron chi connectivity index (χ3n) is 19.8. The fourth-order valence-electron chi connectivity index (χ4n) is 14.0. The van der Waals surface area contributed by atoms with Crippen molar-refractivity contribution in [2.75, 3.05) is 148 Å². The van der Waals surface area contributed by atoms with E-state index in [2.05, 4.69) is 74.9 Å². The van der Waals surface area contributed by atoms with Gasteiger partial charge in [0.1, 0.15) is 0 Å². The maximum absolute atomic E-state index is 12.6. The first-order valence-corrected chi connectivity index (χ1v) is 32.8. The lowest BCUT2D eigenvalue weighted by atomic mass is 9.85. The zero-order chi connectivity index (χ0) is 61.6. The lowest BCUT2D eigenvalue weighted by molar-refractivity contribution is -0.146. The van der Waals surface area contributed by atoms with Gasteiger partial charge in [-0.2, -0.15) is 0 Å². The molecule has 0 aromatic heterocycles. The molecule has 1 aromatic carbocycles. The number of aliphatic hydroxyl groups is 1. The molecule has 0 bridgehead atoms. The first-order valence-electron chi connectivity index (χ1n) is 32.8. The second-order valence-electron chi connectivity index (χ2n) is 26.5. The standard InChI is InChI=1S/C15H27N3O2.C14H25N3O2.C13H23N3O2.C12H17NO.C11H20N2O.CH4/c1-16(2)14(19)11-12-5-4-8-18(15(12)20)13-6-9-17(3)10-7-13;1-15-13(18)10-11-4-3-7-17(14(11)19)12-5-8-16(2)9-6-12;1-15-7-4-11(5-8-15)16-6-2-3-10(13(16)18)9-12(14)17;1-13-9-7-12(14,8-10-13)11-5-3-2-4-6-11;1-12-8-5-10(6-9-12)13-7-3-2-4-11(13)14;/h12-13H,4-11H2,1-3H3;11-12H,3-10H2,1-2H3,(H,15,18);10-11H,2-9H2,1H3,(H2,14,17);2-6,14H,7-10H2,1H3;10H,2-9H2,1H3;1H4. The van der Waals surface area contributed by atoms with Crippen molar-refractivity contribution in [3.63, 3.8) is 0 Å². The third-order valence-corrected chi connectivity index (χ3v) is 19.8. The van der Waals surface area contributed by atoms with E-state index in [9.17, 15) is 38.7 Å². The van der Waals surface area contributed by atoms with E-state index in [1.54, 1.807) is 26.0 Å². The SMILES string of the molecule is C.CN1CCC(N2CCCC(CC(=O)N(C)C)C2=O)CC1.CN1CCC(N2CCCC(CC(N)=O)C2=O)CC1.CN1CCC(N2CCCCC2=O)CC1.CN1CCC(O)(c2ccccc2)CC1.CNC(=O)CC1CCCN(C2CCN(C)CC2)C1=O. The van der Waals surface area contributed by atoms with Crippen LogP contribution in [-0.2, 0) is 39.2 Å². The molecule has 7 amide bonds. The minimum absolute atomic E-state index is 0. The van der Waals surface area contributed by atoms with E-state index in [1.165, 1.54) is 19.3 Å². The number of hydrogen-bond acceptors (Lipinski definition) is 13. The summed E-state index contributed by atoms with van der Waals surface area (Å²) >= 11 is 0. The van der Waals surface area contributed by atoms with Gasteiger partial charge in [0, 0.05) is 128 Å². The molecule has 4 N–H and O–H groups in total. The summed E-state index contributed by atoms with van der Waals surface area (Å²) in [5.74, 6) is 0.254. The predicted molar refractivity (Wildman–Crippen MR) is 341 cm³/mol. The number of rotatable bonds is 11. The first kappa shape index (κ1) is 72.0. The Labute approximate surface area is 518 Å². The van der Waals surface area contributed by atoms with Gasteiger partial charge in [0.05, 0.1) is 5.60 Å². The van der Waals surface area contributed by atoms with E-state index in [0.29, 0.717) is 42.9 Å². The largest absolute Gasteiger partial charge is 0.385 e. The Morgan fingerprint density at radius 3 is 1.21 bits per heavy atom. The number of likely N-dealkylation sites (tertiary alicyclic amines) is 9. The van der Waals surface area contributed by atoms with Crippen LogP contribution in [0.3, 0.4) is 0 Å². The molecule has 10 rings (SSSR count). The normalized spacial score (nSPS) is 25.6. The molecule has 488 valence electrons. The Morgan fingerprint density at radius 1 is 0.500 bits per heavy atom. The zero-order valence-electron chi connectivity index (χ0n) is 53.7. The monoisotopic (exact) mass is 1200 g/mol. The van der Waals surface area contributed by atoms with Crippen LogP contribution in [0.15, 0.2) is 30.3 Å². The number of amides is 7. The van der Waals surface area contributed by atoms with E-state index in [0.717, 1.165) is 200 Å². The zero-order valence-corrected chi connectivity index (χ0v) is 53.7. The highest BCUT2D eigenvalue weighted by Gasteiger charge is 2.39. The summed E-state index contributed by atoms with van der Waals surface area (Å²) in [6, 6.07) is 11.7. The molecule has 3 atom stereocenters. The molecule has 86 heavy (non-hydrogen) atoms. The average Bonchev–Trinajstić information content (AvgIpc) is 3.18. The van der Waals surface area contributed by atoms with Gasteiger partial charge in [-0.25, -0.2) is 0 Å². The van der Waals surface area contributed by atoms with Gasteiger partial charge in [-0.3, -0.25) is 33.6 Å². The van der Waals surface area contributed by atoms with Gasteiger partial charge in [-0.05, 0) is 209 Å². The topological polar surface area (TPSA) is 210 Å². The van der Waals surface area contributed by atoms with Gasteiger partial charge in [0.2, 0.25) is 41.4 Å². The van der Waals surface area contributed by atoms with E-state index in [1.807, 2.05) is 40.1 Å². The van der Waals surface area contributed by atoms with Crippen molar-refractivity contribution in [2.45, 2.75) is 178 Å². The molecule has 9 fully saturated rings. The Morgan fingerprint density at radius 2 is 0.849 bits per heavy atom. The summed E-state index contributed by atoms with van der Waals surface area (Å²) in [5.41, 5.74) is 5.68. The Kier molecular flexibility index (Phi) is 30.2. The second kappa shape index (κ2) is 36.1. The van der Waals surface area contributed by atoms with E-state index >= 15 is 0 Å². The predicted octanol–water partition coefficient (Wildman–Crippen LogP) is 4.78. The van der Waals surface area contributed by atoms with Crippen molar-refractivity contribution < 1.29 is 38.7 Å². The number of carbonyl (C=O) groups excluding carboxylic acids is 7. The van der Waals surface area contributed by atoms with Gasteiger partial charge in [0.15, 0.2) is 0 Å². The van der Waals surface area contributed by atoms with Crippen LogP contribution in [0.2, 0.25) is 0 Å². The van der Waals surface area contributed by atoms with Crippen LogP contribution in [-0.4, -0.2) is 268 Å². The van der Waals surface area contributed by atoms with Crippen molar-refractivity contribution in [1.29, 1.82) is 0 Å². The minimum Gasteiger partial charge on any atom is -0.385 e. The van der Waals surface area contributed by atoms with Gasteiger partial charge in [-0.1, -0.05) is 37.8 Å². The number of nitrogens with two attached hydrogens (primary N) is 1. The van der Waals surface area contributed by atoms with Crippen LogP contribution in [0.1, 0.15) is 154 Å². The molecule has 3 unspecified atom stereocenters. The lowest BCUT2D eigenvalue weighted by Gasteiger charge is -2.41. The number of carbonyl (C=O) groups is 7. The molecule has 0 saturated carbocycles. The molecule has 9 aliphatic rings.